The van der Waals surface area contributed by atoms with E-state index in [2.05, 4.69) is 21.8 Å². The minimum atomic E-state index is -0.342. The number of urea groups is 1. The van der Waals surface area contributed by atoms with E-state index >= 15 is 0 Å². The van der Waals surface area contributed by atoms with E-state index in [9.17, 15) is 9.18 Å². The summed E-state index contributed by atoms with van der Waals surface area (Å²) in [6.45, 7) is 7.53. The van der Waals surface area contributed by atoms with E-state index < -0.39 is 0 Å². The van der Waals surface area contributed by atoms with Gasteiger partial charge in [-0.1, -0.05) is 6.08 Å². The summed E-state index contributed by atoms with van der Waals surface area (Å²) in [5.41, 5.74) is 1.62. The van der Waals surface area contributed by atoms with Gasteiger partial charge in [-0.3, -0.25) is 0 Å². The third-order valence-corrected chi connectivity index (χ3v) is 5.02. The van der Waals surface area contributed by atoms with E-state index in [4.69, 9.17) is 14.5 Å². The highest BCUT2D eigenvalue weighted by molar-refractivity contribution is 5.74. The number of hydrogen-bond donors (Lipinski definition) is 1. The molecule has 0 bridgehead atoms. The van der Waals surface area contributed by atoms with Gasteiger partial charge in [0.1, 0.15) is 11.6 Å². The molecule has 30 heavy (non-hydrogen) atoms. The number of rotatable bonds is 5. The van der Waals surface area contributed by atoms with Crippen molar-refractivity contribution in [2.24, 2.45) is 0 Å². The lowest BCUT2D eigenvalue weighted by molar-refractivity contribution is 0.122. The summed E-state index contributed by atoms with van der Waals surface area (Å²) in [7, 11) is 0. The smallest absolute Gasteiger partial charge is 0.317 e. The average molecular weight is 413 g/mol. The number of nitrogens with zero attached hydrogens (tertiary/aromatic N) is 4. The molecule has 0 spiro atoms. The molecule has 0 atom stereocenters. The molecule has 158 valence electrons. The second kappa shape index (κ2) is 9.08. The Bertz CT molecular complexity index is 916. The molecule has 1 saturated heterocycles. The first-order chi connectivity index (χ1) is 14.6. The fraction of sp³-hybridized carbons (Fsp3) is 0.381. The second-order valence-corrected chi connectivity index (χ2v) is 7.06. The number of fused-ring (bicyclic) bond motifs is 1. The molecule has 1 aromatic heterocycles. The Morgan fingerprint density at radius 1 is 1.23 bits per heavy atom. The third kappa shape index (κ3) is 4.51. The van der Waals surface area contributed by atoms with Gasteiger partial charge in [0.05, 0.1) is 31.0 Å². The third-order valence-electron chi connectivity index (χ3n) is 5.02. The largest absolute Gasteiger partial charge is 0.438 e. The fourth-order valence-electron chi connectivity index (χ4n) is 3.42. The van der Waals surface area contributed by atoms with Crippen LogP contribution in [0.5, 0.6) is 11.6 Å². The summed E-state index contributed by atoms with van der Waals surface area (Å²) in [6.07, 6.45) is 2.23. The van der Waals surface area contributed by atoms with E-state index in [1.165, 1.54) is 12.1 Å². The zero-order valence-corrected chi connectivity index (χ0v) is 16.6. The van der Waals surface area contributed by atoms with E-state index in [-0.39, 0.29) is 11.8 Å². The number of carbonyl (C=O) groups excluding carboxylic acids is 1. The highest BCUT2D eigenvalue weighted by Crippen LogP contribution is 2.31. The Hall–Kier alpha value is -3.20. The standard InChI is InChI=1S/C21H24FN5O3/c1-2-8-23-21(28)27-9-7-18-17(14-27)19(30-16-5-3-15(22)4-6-16)25-20(24-18)26-10-12-29-13-11-26/h2-6H,1,7-14H2,(H,23,28). The molecule has 2 aromatic rings. The second-order valence-electron chi connectivity index (χ2n) is 7.06. The van der Waals surface area contributed by atoms with Crippen LogP contribution >= 0.6 is 0 Å². The summed E-state index contributed by atoms with van der Waals surface area (Å²) in [6, 6.07) is 5.60. The Kier molecular flexibility index (Phi) is 6.08. The molecule has 0 saturated carbocycles. The van der Waals surface area contributed by atoms with Gasteiger partial charge in [-0.05, 0) is 24.3 Å². The van der Waals surface area contributed by atoms with Gasteiger partial charge < -0.3 is 24.6 Å². The number of carbonyl (C=O) groups is 1. The van der Waals surface area contributed by atoms with Crippen LogP contribution in [0.15, 0.2) is 36.9 Å². The molecule has 9 heteroatoms. The Balaban J connectivity index is 1.65. The molecule has 2 aliphatic rings. The molecule has 2 aliphatic heterocycles. The molecule has 4 rings (SSSR count). The zero-order valence-electron chi connectivity index (χ0n) is 16.6. The van der Waals surface area contributed by atoms with Crippen molar-refractivity contribution >= 4 is 12.0 Å². The van der Waals surface area contributed by atoms with Crippen LogP contribution < -0.4 is 15.0 Å². The lowest BCUT2D eigenvalue weighted by Crippen LogP contribution is -2.43. The van der Waals surface area contributed by atoms with Crippen LogP contribution in [-0.4, -0.2) is 60.3 Å². The first kappa shape index (κ1) is 20.1. The van der Waals surface area contributed by atoms with Gasteiger partial charge in [0.2, 0.25) is 11.8 Å². The molecule has 0 unspecified atom stereocenters. The Morgan fingerprint density at radius 2 is 2.00 bits per heavy atom. The molecular weight excluding hydrogens is 389 g/mol. The fourth-order valence-corrected chi connectivity index (χ4v) is 3.42. The van der Waals surface area contributed by atoms with Gasteiger partial charge in [-0.2, -0.15) is 4.98 Å². The molecule has 8 nitrogen and oxygen atoms in total. The normalized spacial score (nSPS) is 16.0. The summed E-state index contributed by atoms with van der Waals surface area (Å²) in [4.78, 5) is 25.6. The molecule has 2 amide bonds. The first-order valence-corrected chi connectivity index (χ1v) is 9.93. The first-order valence-electron chi connectivity index (χ1n) is 9.93. The highest BCUT2D eigenvalue weighted by Gasteiger charge is 2.28. The topological polar surface area (TPSA) is 79.8 Å². The predicted molar refractivity (Wildman–Crippen MR) is 109 cm³/mol. The number of hydrogen-bond acceptors (Lipinski definition) is 6. The maximum atomic E-state index is 13.3. The number of anilines is 1. The van der Waals surface area contributed by atoms with E-state index in [1.807, 2.05) is 0 Å². The average Bonchev–Trinajstić information content (AvgIpc) is 2.79. The number of nitrogens with one attached hydrogen (secondary N) is 1. The number of benzene rings is 1. The number of ether oxygens (including phenoxy) is 2. The van der Waals surface area contributed by atoms with Gasteiger partial charge in [0.15, 0.2) is 0 Å². The Labute approximate surface area is 174 Å². The van der Waals surface area contributed by atoms with Gasteiger partial charge in [-0.25, -0.2) is 14.2 Å². The van der Waals surface area contributed by atoms with Crippen LogP contribution in [0.4, 0.5) is 15.1 Å². The van der Waals surface area contributed by atoms with Crippen molar-refractivity contribution in [3.63, 3.8) is 0 Å². The number of halogens is 1. The molecule has 3 heterocycles. The maximum absolute atomic E-state index is 13.3. The predicted octanol–water partition coefficient (Wildman–Crippen LogP) is 2.50. The molecule has 1 N–H and O–H groups in total. The minimum Gasteiger partial charge on any atom is -0.438 e. The number of morpholine rings is 1. The number of amides is 2. The highest BCUT2D eigenvalue weighted by atomic mass is 19.1. The maximum Gasteiger partial charge on any atom is 0.317 e. The molecule has 0 radical (unpaired) electrons. The van der Waals surface area contributed by atoms with E-state index in [0.29, 0.717) is 69.9 Å². The monoisotopic (exact) mass is 413 g/mol. The van der Waals surface area contributed by atoms with Crippen LogP contribution in [-0.2, 0) is 17.7 Å². The summed E-state index contributed by atoms with van der Waals surface area (Å²) < 4.78 is 24.7. The molecule has 1 fully saturated rings. The van der Waals surface area contributed by atoms with Crippen molar-refractivity contribution in [2.45, 2.75) is 13.0 Å². The molecule has 1 aromatic carbocycles. The minimum absolute atomic E-state index is 0.175. The number of aromatic nitrogens is 2. The summed E-state index contributed by atoms with van der Waals surface area (Å²) >= 11 is 0. The summed E-state index contributed by atoms with van der Waals surface area (Å²) in [5.74, 6) is 1.10. The van der Waals surface area contributed by atoms with E-state index in [1.54, 1.807) is 23.1 Å². The van der Waals surface area contributed by atoms with Crippen LogP contribution in [0.3, 0.4) is 0 Å². The molecular formula is C21H24FN5O3. The Morgan fingerprint density at radius 3 is 2.73 bits per heavy atom. The van der Waals surface area contributed by atoms with Gasteiger partial charge >= 0.3 is 6.03 Å². The van der Waals surface area contributed by atoms with Crippen LogP contribution in [0.1, 0.15) is 11.3 Å². The van der Waals surface area contributed by atoms with Crippen molar-refractivity contribution < 1.29 is 18.7 Å². The lowest BCUT2D eigenvalue weighted by atomic mass is 10.1. The van der Waals surface area contributed by atoms with Crippen LogP contribution in [0, 0.1) is 5.82 Å². The lowest BCUT2D eigenvalue weighted by Gasteiger charge is -2.31. The van der Waals surface area contributed by atoms with Crippen molar-refractivity contribution in [1.82, 2.24) is 20.2 Å². The SMILES string of the molecule is C=CCNC(=O)N1CCc2nc(N3CCOCC3)nc(Oc3ccc(F)cc3)c2C1. The van der Waals surface area contributed by atoms with Crippen LogP contribution in [0.25, 0.3) is 0 Å². The van der Waals surface area contributed by atoms with Gasteiger partial charge in [-0.15, -0.1) is 6.58 Å². The van der Waals surface area contributed by atoms with Gasteiger partial charge in [0.25, 0.3) is 0 Å². The zero-order chi connectivity index (χ0) is 20.9. The van der Waals surface area contributed by atoms with Crippen molar-refractivity contribution in [3.05, 3.63) is 54.0 Å². The van der Waals surface area contributed by atoms with Crippen molar-refractivity contribution in [1.29, 1.82) is 0 Å². The quantitative estimate of drug-likeness (QED) is 0.759. The van der Waals surface area contributed by atoms with Gasteiger partial charge in [0, 0.05) is 32.6 Å². The van der Waals surface area contributed by atoms with E-state index in [0.717, 1.165) is 11.3 Å². The van der Waals surface area contributed by atoms with Crippen molar-refractivity contribution in [3.8, 4) is 11.6 Å². The van der Waals surface area contributed by atoms with Crippen LogP contribution in [0.2, 0.25) is 0 Å². The molecule has 0 aliphatic carbocycles. The summed E-state index contributed by atoms with van der Waals surface area (Å²) in [5, 5.41) is 2.79. The van der Waals surface area contributed by atoms with Crippen molar-refractivity contribution in [2.75, 3.05) is 44.3 Å².